The number of aryl methyl sites for hydroxylation is 2. The monoisotopic (exact) mass is 174 g/mol. The molecule has 0 saturated heterocycles. The van der Waals surface area contributed by atoms with Gasteiger partial charge in [0, 0.05) is 23.2 Å². The Morgan fingerprint density at radius 1 is 1.54 bits per heavy atom. The molecule has 2 heteroatoms. The largest absolute Gasteiger partial charge is 0.398 e. The van der Waals surface area contributed by atoms with Gasteiger partial charge in [0.15, 0.2) is 0 Å². The van der Waals surface area contributed by atoms with Crippen molar-refractivity contribution in [2.45, 2.75) is 26.2 Å². The van der Waals surface area contributed by atoms with Crippen molar-refractivity contribution in [3.05, 3.63) is 35.2 Å². The van der Waals surface area contributed by atoms with E-state index in [0.29, 0.717) is 0 Å². The van der Waals surface area contributed by atoms with Gasteiger partial charge in [-0.05, 0) is 30.9 Å². The SMILES string of the molecule is CCc1cnc2c(c1)C(N)=CCC2. The third-order valence-corrected chi connectivity index (χ3v) is 2.49. The highest BCUT2D eigenvalue weighted by Crippen LogP contribution is 2.22. The summed E-state index contributed by atoms with van der Waals surface area (Å²) < 4.78 is 0. The molecule has 0 aliphatic heterocycles. The lowest BCUT2D eigenvalue weighted by atomic mass is 9.98. The van der Waals surface area contributed by atoms with Gasteiger partial charge in [-0.2, -0.15) is 0 Å². The fourth-order valence-electron chi connectivity index (χ4n) is 1.65. The topological polar surface area (TPSA) is 38.9 Å². The van der Waals surface area contributed by atoms with Gasteiger partial charge in [0.2, 0.25) is 0 Å². The van der Waals surface area contributed by atoms with Gasteiger partial charge >= 0.3 is 0 Å². The zero-order valence-electron chi connectivity index (χ0n) is 7.88. The van der Waals surface area contributed by atoms with Crippen molar-refractivity contribution < 1.29 is 0 Å². The highest BCUT2D eigenvalue weighted by Gasteiger charge is 2.11. The van der Waals surface area contributed by atoms with Crippen LogP contribution in [0.25, 0.3) is 5.70 Å². The lowest BCUT2D eigenvalue weighted by molar-refractivity contribution is 0.906. The lowest BCUT2D eigenvalue weighted by Crippen LogP contribution is -2.08. The summed E-state index contributed by atoms with van der Waals surface area (Å²) in [5.41, 5.74) is 10.3. The van der Waals surface area contributed by atoms with Crippen molar-refractivity contribution in [3.8, 4) is 0 Å². The molecular formula is C11H14N2. The molecule has 0 amide bonds. The van der Waals surface area contributed by atoms with Gasteiger partial charge in [-0.15, -0.1) is 0 Å². The second-order valence-corrected chi connectivity index (χ2v) is 3.39. The van der Waals surface area contributed by atoms with Crippen LogP contribution in [-0.2, 0) is 12.8 Å². The quantitative estimate of drug-likeness (QED) is 0.706. The van der Waals surface area contributed by atoms with Crippen molar-refractivity contribution in [1.29, 1.82) is 0 Å². The average Bonchev–Trinajstić information content (AvgIpc) is 2.18. The zero-order chi connectivity index (χ0) is 9.26. The predicted octanol–water partition coefficient (Wildman–Crippen LogP) is 1.89. The second kappa shape index (κ2) is 3.21. The second-order valence-electron chi connectivity index (χ2n) is 3.39. The number of nitrogens with two attached hydrogens (primary N) is 1. The van der Waals surface area contributed by atoms with Crippen LogP contribution in [0.4, 0.5) is 0 Å². The van der Waals surface area contributed by atoms with Crippen LogP contribution >= 0.6 is 0 Å². The fraction of sp³-hybridized carbons (Fsp3) is 0.364. The van der Waals surface area contributed by atoms with Gasteiger partial charge in [-0.1, -0.05) is 13.0 Å². The van der Waals surface area contributed by atoms with Crippen molar-refractivity contribution in [1.82, 2.24) is 4.98 Å². The van der Waals surface area contributed by atoms with Gasteiger partial charge in [-0.25, -0.2) is 0 Å². The van der Waals surface area contributed by atoms with Crippen molar-refractivity contribution in [2.24, 2.45) is 5.73 Å². The number of rotatable bonds is 1. The van der Waals surface area contributed by atoms with Crippen molar-refractivity contribution in [2.75, 3.05) is 0 Å². The maximum atomic E-state index is 5.89. The molecule has 0 saturated carbocycles. The molecule has 2 nitrogen and oxygen atoms in total. The third kappa shape index (κ3) is 1.44. The third-order valence-electron chi connectivity index (χ3n) is 2.49. The van der Waals surface area contributed by atoms with Crippen LogP contribution in [0.5, 0.6) is 0 Å². The molecule has 1 aliphatic rings. The van der Waals surface area contributed by atoms with E-state index >= 15 is 0 Å². The number of hydrogen-bond donors (Lipinski definition) is 1. The van der Waals surface area contributed by atoms with Gasteiger partial charge < -0.3 is 5.73 Å². The van der Waals surface area contributed by atoms with Gasteiger partial charge in [0.05, 0.1) is 0 Å². The van der Waals surface area contributed by atoms with E-state index < -0.39 is 0 Å². The first kappa shape index (κ1) is 8.30. The molecule has 1 heterocycles. The van der Waals surface area contributed by atoms with Crippen LogP contribution in [0.2, 0.25) is 0 Å². The van der Waals surface area contributed by atoms with Crippen LogP contribution in [-0.4, -0.2) is 4.98 Å². The fourth-order valence-corrected chi connectivity index (χ4v) is 1.65. The molecule has 0 aromatic carbocycles. The van der Waals surface area contributed by atoms with E-state index in [-0.39, 0.29) is 0 Å². The first-order valence-electron chi connectivity index (χ1n) is 4.75. The molecule has 1 aromatic heterocycles. The summed E-state index contributed by atoms with van der Waals surface area (Å²) in [6.45, 7) is 2.13. The van der Waals surface area contributed by atoms with Crippen LogP contribution in [0.3, 0.4) is 0 Å². The molecule has 0 radical (unpaired) electrons. The number of pyridine rings is 1. The lowest BCUT2D eigenvalue weighted by Gasteiger charge is -2.14. The number of fused-ring (bicyclic) bond motifs is 1. The smallest absolute Gasteiger partial charge is 0.0499 e. The molecule has 2 rings (SSSR count). The van der Waals surface area contributed by atoms with E-state index in [1.54, 1.807) is 0 Å². The summed E-state index contributed by atoms with van der Waals surface area (Å²) >= 11 is 0. The highest BCUT2D eigenvalue weighted by molar-refractivity contribution is 5.66. The number of allylic oxidation sites excluding steroid dienone is 1. The number of hydrogen-bond acceptors (Lipinski definition) is 2. The molecule has 0 bridgehead atoms. The summed E-state index contributed by atoms with van der Waals surface area (Å²) in [6.07, 6.45) is 7.12. The Kier molecular flexibility index (Phi) is 2.05. The van der Waals surface area contributed by atoms with Crippen molar-refractivity contribution >= 4 is 5.70 Å². The zero-order valence-corrected chi connectivity index (χ0v) is 7.88. The Hall–Kier alpha value is -1.31. The van der Waals surface area contributed by atoms with Crippen LogP contribution < -0.4 is 5.73 Å². The van der Waals surface area contributed by atoms with E-state index in [1.807, 2.05) is 6.20 Å². The highest BCUT2D eigenvalue weighted by atomic mass is 14.7. The summed E-state index contributed by atoms with van der Waals surface area (Å²) in [6, 6.07) is 2.16. The van der Waals surface area contributed by atoms with Crippen molar-refractivity contribution in [3.63, 3.8) is 0 Å². The number of nitrogens with zero attached hydrogens (tertiary/aromatic N) is 1. The minimum Gasteiger partial charge on any atom is -0.398 e. The maximum Gasteiger partial charge on any atom is 0.0499 e. The Bertz CT molecular complexity index is 353. The normalized spacial score (nSPS) is 15.0. The molecule has 0 fully saturated rings. The Morgan fingerprint density at radius 2 is 2.38 bits per heavy atom. The maximum absolute atomic E-state index is 5.89. The van der Waals surface area contributed by atoms with E-state index in [4.69, 9.17) is 5.73 Å². The number of aromatic nitrogens is 1. The Labute approximate surface area is 78.5 Å². The molecule has 13 heavy (non-hydrogen) atoms. The van der Waals surface area contributed by atoms with Gasteiger partial charge in [0.1, 0.15) is 0 Å². The summed E-state index contributed by atoms with van der Waals surface area (Å²) in [7, 11) is 0. The van der Waals surface area contributed by atoms with E-state index in [1.165, 1.54) is 5.56 Å². The molecular weight excluding hydrogens is 160 g/mol. The van der Waals surface area contributed by atoms with Gasteiger partial charge in [-0.3, -0.25) is 4.98 Å². The molecule has 68 valence electrons. The summed E-state index contributed by atoms with van der Waals surface area (Å²) in [5, 5.41) is 0. The van der Waals surface area contributed by atoms with Gasteiger partial charge in [0.25, 0.3) is 0 Å². The van der Waals surface area contributed by atoms with E-state index in [2.05, 4.69) is 24.1 Å². The molecule has 0 atom stereocenters. The molecule has 1 aliphatic carbocycles. The van der Waals surface area contributed by atoms with E-state index in [9.17, 15) is 0 Å². The Balaban J connectivity index is 2.50. The first-order valence-corrected chi connectivity index (χ1v) is 4.75. The van der Waals surface area contributed by atoms with E-state index in [0.717, 1.165) is 36.2 Å². The van der Waals surface area contributed by atoms with Crippen LogP contribution in [0.1, 0.15) is 30.2 Å². The molecule has 2 N–H and O–H groups in total. The van der Waals surface area contributed by atoms with Crippen LogP contribution in [0, 0.1) is 0 Å². The predicted molar refractivity (Wildman–Crippen MR) is 54.1 cm³/mol. The first-order chi connectivity index (χ1) is 6.31. The Morgan fingerprint density at radius 3 is 3.15 bits per heavy atom. The molecule has 0 unspecified atom stereocenters. The molecule has 1 aromatic rings. The summed E-state index contributed by atoms with van der Waals surface area (Å²) in [5.74, 6) is 0. The standard InChI is InChI=1S/C11H14N2/c1-2-8-6-9-10(12)4-3-5-11(9)13-7-8/h4,6-7H,2-3,5,12H2,1H3. The average molecular weight is 174 g/mol. The summed E-state index contributed by atoms with van der Waals surface area (Å²) in [4.78, 5) is 4.42. The molecule has 0 spiro atoms. The van der Waals surface area contributed by atoms with Crippen LogP contribution in [0.15, 0.2) is 18.3 Å². The minimum absolute atomic E-state index is 0.893. The minimum atomic E-state index is 0.893.